The molecule has 3 nitrogen and oxygen atoms in total. The second-order valence-electron chi connectivity index (χ2n) is 5.42. The zero-order valence-electron chi connectivity index (χ0n) is 10.9. The van der Waals surface area contributed by atoms with Crippen molar-refractivity contribution >= 4 is 5.78 Å². The first-order chi connectivity index (χ1) is 8.74. The standard InChI is InChI=1S/C15H20N2O/c1-12-4-2-3-5-13(12)10-15(18)14-11-16-6-8-17(14)9-7-16/h2-5,14H,6-11H2,1H3. The van der Waals surface area contributed by atoms with Crippen molar-refractivity contribution in [2.75, 3.05) is 32.7 Å². The Kier molecular flexibility index (Phi) is 3.18. The van der Waals surface area contributed by atoms with Crippen LogP contribution in [-0.2, 0) is 11.2 Å². The summed E-state index contributed by atoms with van der Waals surface area (Å²) < 4.78 is 0. The van der Waals surface area contributed by atoms with Crippen LogP contribution in [0.2, 0.25) is 0 Å². The van der Waals surface area contributed by atoms with Crippen molar-refractivity contribution in [1.82, 2.24) is 9.80 Å². The number of hydrogen-bond acceptors (Lipinski definition) is 3. The van der Waals surface area contributed by atoms with Crippen LogP contribution in [0.15, 0.2) is 24.3 Å². The van der Waals surface area contributed by atoms with Crippen molar-refractivity contribution in [3.8, 4) is 0 Å². The largest absolute Gasteiger partial charge is 0.299 e. The van der Waals surface area contributed by atoms with Crippen LogP contribution in [0.3, 0.4) is 0 Å². The van der Waals surface area contributed by atoms with Gasteiger partial charge in [0, 0.05) is 39.1 Å². The highest BCUT2D eigenvalue weighted by Crippen LogP contribution is 2.18. The van der Waals surface area contributed by atoms with Gasteiger partial charge in [-0.1, -0.05) is 24.3 Å². The molecular formula is C15H20N2O. The highest BCUT2D eigenvalue weighted by molar-refractivity contribution is 5.86. The van der Waals surface area contributed by atoms with E-state index in [2.05, 4.69) is 28.9 Å². The van der Waals surface area contributed by atoms with E-state index in [-0.39, 0.29) is 6.04 Å². The van der Waals surface area contributed by atoms with E-state index in [1.54, 1.807) is 0 Å². The lowest BCUT2D eigenvalue weighted by molar-refractivity contribution is -0.128. The molecule has 1 aromatic rings. The molecule has 3 saturated heterocycles. The minimum atomic E-state index is 0.132. The summed E-state index contributed by atoms with van der Waals surface area (Å²) in [5, 5.41) is 0. The summed E-state index contributed by atoms with van der Waals surface area (Å²) in [5.74, 6) is 0.383. The Hall–Kier alpha value is -1.19. The molecule has 0 spiro atoms. The van der Waals surface area contributed by atoms with Gasteiger partial charge < -0.3 is 0 Å². The number of carbonyl (C=O) groups excluding carboxylic acids is 1. The van der Waals surface area contributed by atoms with E-state index in [0.717, 1.165) is 32.7 Å². The van der Waals surface area contributed by atoms with E-state index in [4.69, 9.17) is 0 Å². The van der Waals surface area contributed by atoms with Crippen LogP contribution in [0, 0.1) is 6.92 Å². The molecule has 2 bridgehead atoms. The molecule has 3 heterocycles. The van der Waals surface area contributed by atoms with Crippen LogP contribution < -0.4 is 0 Å². The van der Waals surface area contributed by atoms with Crippen molar-refractivity contribution in [2.45, 2.75) is 19.4 Å². The number of ketones is 1. The van der Waals surface area contributed by atoms with Crippen LogP contribution in [0.25, 0.3) is 0 Å². The van der Waals surface area contributed by atoms with Gasteiger partial charge in [0.05, 0.1) is 6.04 Å². The van der Waals surface area contributed by atoms with E-state index in [0.29, 0.717) is 12.2 Å². The monoisotopic (exact) mass is 244 g/mol. The van der Waals surface area contributed by atoms with Gasteiger partial charge in [-0.2, -0.15) is 0 Å². The molecule has 0 amide bonds. The SMILES string of the molecule is Cc1ccccc1CC(=O)C1CN2CCN1CC2. The second kappa shape index (κ2) is 4.82. The highest BCUT2D eigenvalue weighted by Gasteiger charge is 2.35. The summed E-state index contributed by atoms with van der Waals surface area (Å²) in [7, 11) is 0. The zero-order valence-corrected chi connectivity index (χ0v) is 10.9. The fraction of sp³-hybridized carbons (Fsp3) is 0.533. The lowest BCUT2D eigenvalue weighted by atomic mass is 9.96. The maximum Gasteiger partial charge on any atom is 0.155 e. The highest BCUT2D eigenvalue weighted by atomic mass is 16.1. The lowest BCUT2D eigenvalue weighted by Crippen LogP contribution is -2.63. The molecule has 0 saturated carbocycles. The van der Waals surface area contributed by atoms with Crippen LogP contribution >= 0.6 is 0 Å². The Labute approximate surface area is 108 Å². The van der Waals surface area contributed by atoms with Crippen LogP contribution in [-0.4, -0.2) is 54.3 Å². The molecule has 1 unspecified atom stereocenters. The number of rotatable bonds is 3. The van der Waals surface area contributed by atoms with Crippen LogP contribution in [0.5, 0.6) is 0 Å². The Morgan fingerprint density at radius 2 is 1.94 bits per heavy atom. The molecule has 3 aliphatic heterocycles. The maximum atomic E-state index is 12.4. The molecule has 3 heteroatoms. The third-order valence-electron chi connectivity index (χ3n) is 4.28. The zero-order chi connectivity index (χ0) is 12.5. The number of nitrogens with zero attached hydrogens (tertiary/aromatic N) is 2. The van der Waals surface area contributed by atoms with Crippen molar-refractivity contribution in [3.63, 3.8) is 0 Å². The smallest absolute Gasteiger partial charge is 0.155 e. The normalized spacial score (nSPS) is 30.4. The molecule has 1 atom stereocenters. The molecule has 0 N–H and O–H groups in total. The van der Waals surface area contributed by atoms with Gasteiger partial charge in [0.2, 0.25) is 0 Å². The average Bonchev–Trinajstić information content (AvgIpc) is 2.42. The molecule has 96 valence electrons. The molecule has 3 aliphatic rings. The minimum absolute atomic E-state index is 0.132. The molecule has 0 radical (unpaired) electrons. The molecule has 1 aromatic carbocycles. The van der Waals surface area contributed by atoms with Gasteiger partial charge in [0.15, 0.2) is 5.78 Å². The Morgan fingerprint density at radius 1 is 1.22 bits per heavy atom. The fourth-order valence-electron chi connectivity index (χ4n) is 3.04. The molecule has 3 fully saturated rings. The van der Waals surface area contributed by atoms with Gasteiger partial charge in [0.25, 0.3) is 0 Å². The molecule has 0 aromatic heterocycles. The number of Topliss-reactive ketones (excluding diaryl/α,β-unsaturated/α-hetero) is 1. The third-order valence-corrected chi connectivity index (χ3v) is 4.28. The predicted octanol–water partition coefficient (Wildman–Crippen LogP) is 1.11. The number of piperazine rings is 3. The van der Waals surface area contributed by atoms with Gasteiger partial charge in [-0.15, -0.1) is 0 Å². The predicted molar refractivity (Wildman–Crippen MR) is 71.7 cm³/mol. The van der Waals surface area contributed by atoms with E-state index < -0.39 is 0 Å². The molecule has 0 aliphatic carbocycles. The summed E-state index contributed by atoms with van der Waals surface area (Å²) in [5.41, 5.74) is 2.40. The van der Waals surface area contributed by atoms with Gasteiger partial charge in [-0.25, -0.2) is 0 Å². The van der Waals surface area contributed by atoms with Gasteiger partial charge in [0.1, 0.15) is 0 Å². The van der Waals surface area contributed by atoms with E-state index in [9.17, 15) is 4.79 Å². The van der Waals surface area contributed by atoms with Gasteiger partial charge in [-0.05, 0) is 18.1 Å². The summed E-state index contributed by atoms with van der Waals surface area (Å²) in [6, 6.07) is 8.34. The number of aryl methyl sites for hydroxylation is 1. The van der Waals surface area contributed by atoms with Gasteiger partial charge >= 0.3 is 0 Å². The van der Waals surface area contributed by atoms with Gasteiger partial charge in [-0.3, -0.25) is 14.6 Å². The summed E-state index contributed by atoms with van der Waals surface area (Å²) in [4.78, 5) is 17.2. The Morgan fingerprint density at radius 3 is 2.56 bits per heavy atom. The molecule has 4 rings (SSSR count). The van der Waals surface area contributed by atoms with E-state index in [1.807, 2.05) is 12.1 Å². The Bertz CT molecular complexity index is 450. The van der Waals surface area contributed by atoms with Crippen molar-refractivity contribution < 1.29 is 4.79 Å². The minimum Gasteiger partial charge on any atom is -0.299 e. The first-order valence-electron chi connectivity index (χ1n) is 6.77. The second-order valence-corrected chi connectivity index (χ2v) is 5.42. The van der Waals surface area contributed by atoms with Crippen LogP contribution in [0.1, 0.15) is 11.1 Å². The third kappa shape index (κ3) is 2.20. The summed E-state index contributed by atoms with van der Waals surface area (Å²) in [6.45, 7) is 7.40. The number of carbonyl (C=O) groups is 1. The number of fused-ring (bicyclic) bond motifs is 3. The van der Waals surface area contributed by atoms with E-state index in [1.165, 1.54) is 11.1 Å². The van der Waals surface area contributed by atoms with E-state index >= 15 is 0 Å². The van der Waals surface area contributed by atoms with Crippen molar-refractivity contribution in [1.29, 1.82) is 0 Å². The van der Waals surface area contributed by atoms with Crippen LogP contribution in [0.4, 0.5) is 0 Å². The summed E-state index contributed by atoms with van der Waals surface area (Å²) >= 11 is 0. The maximum absolute atomic E-state index is 12.4. The first kappa shape index (κ1) is 11.9. The first-order valence-corrected chi connectivity index (χ1v) is 6.77. The topological polar surface area (TPSA) is 23.6 Å². The quantitative estimate of drug-likeness (QED) is 0.795. The van der Waals surface area contributed by atoms with Crippen molar-refractivity contribution in [3.05, 3.63) is 35.4 Å². The average molecular weight is 244 g/mol. The number of hydrogen-bond donors (Lipinski definition) is 0. The van der Waals surface area contributed by atoms with Crippen molar-refractivity contribution in [2.24, 2.45) is 0 Å². The lowest BCUT2D eigenvalue weighted by Gasteiger charge is -2.46. The summed E-state index contributed by atoms with van der Waals surface area (Å²) in [6.07, 6.45) is 0.585. The fourth-order valence-corrected chi connectivity index (χ4v) is 3.04. The number of benzene rings is 1. The Balaban J connectivity index is 1.70. The molecular weight excluding hydrogens is 224 g/mol. The molecule has 18 heavy (non-hydrogen) atoms.